The maximum atomic E-state index is 13.5. The third-order valence-electron chi connectivity index (χ3n) is 6.96. The Labute approximate surface area is 164 Å². The van der Waals surface area contributed by atoms with E-state index in [-0.39, 0.29) is 17.9 Å². The van der Waals surface area contributed by atoms with E-state index in [0.717, 1.165) is 37.1 Å². The highest BCUT2D eigenvalue weighted by Crippen LogP contribution is 2.43. The number of carbonyl (C=O) groups is 1. The maximum absolute atomic E-state index is 13.5. The molecule has 0 saturated carbocycles. The molecule has 2 aromatic rings. The van der Waals surface area contributed by atoms with Gasteiger partial charge in [-0.05, 0) is 73.5 Å². The van der Waals surface area contributed by atoms with Gasteiger partial charge in [0.2, 0.25) is 0 Å². The van der Waals surface area contributed by atoms with E-state index in [2.05, 4.69) is 11.0 Å². The lowest BCUT2D eigenvalue weighted by molar-refractivity contribution is -0.0134. The van der Waals surface area contributed by atoms with Crippen LogP contribution in [-0.4, -0.2) is 46.2 Å². The summed E-state index contributed by atoms with van der Waals surface area (Å²) in [4.78, 5) is 16.7. The van der Waals surface area contributed by atoms with Crippen molar-refractivity contribution in [2.75, 3.05) is 13.1 Å². The van der Waals surface area contributed by atoms with Crippen LogP contribution in [0.25, 0.3) is 0 Å². The van der Waals surface area contributed by atoms with Gasteiger partial charge in [0.15, 0.2) is 0 Å². The first-order chi connectivity index (χ1) is 13.6. The monoisotopic (exact) mass is 380 g/mol. The molecule has 4 aliphatic rings. The van der Waals surface area contributed by atoms with Crippen LogP contribution in [-0.2, 0) is 6.42 Å². The Morgan fingerprint density at radius 2 is 1.71 bits per heavy atom. The normalized spacial score (nSPS) is 31.5. The molecule has 3 saturated heterocycles. The zero-order valence-corrected chi connectivity index (χ0v) is 15.8. The Balaban J connectivity index is 1.61. The van der Waals surface area contributed by atoms with Crippen LogP contribution >= 0.6 is 0 Å². The Morgan fingerprint density at radius 3 is 2.36 bits per heavy atom. The maximum Gasteiger partial charge on any atom is 0.408 e. The van der Waals surface area contributed by atoms with E-state index in [9.17, 15) is 14.3 Å². The van der Waals surface area contributed by atoms with Crippen molar-refractivity contribution >= 4 is 6.09 Å². The lowest BCUT2D eigenvalue weighted by Gasteiger charge is -2.53. The molecule has 0 aromatic heterocycles. The second-order valence-corrected chi connectivity index (χ2v) is 8.40. The van der Waals surface area contributed by atoms with Gasteiger partial charge in [-0.1, -0.05) is 36.4 Å². The molecule has 28 heavy (non-hydrogen) atoms. The summed E-state index contributed by atoms with van der Waals surface area (Å²) in [6, 6.07) is 14.2. The average Bonchev–Trinajstić information content (AvgIpc) is 2.73. The van der Waals surface area contributed by atoms with Crippen molar-refractivity contribution in [2.24, 2.45) is 5.92 Å². The fraction of sp³-hybridized carbons (Fsp3) is 0.435. The number of fused-ring (bicyclic) bond motifs is 4. The molecule has 3 atom stereocenters. The van der Waals surface area contributed by atoms with Crippen LogP contribution in [0.15, 0.2) is 48.5 Å². The van der Waals surface area contributed by atoms with Gasteiger partial charge in [0, 0.05) is 6.04 Å². The van der Waals surface area contributed by atoms with Crippen molar-refractivity contribution in [1.82, 2.24) is 9.80 Å². The molecule has 4 heterocycles. The minimum atomic E-state index is -0.892. The van der Waals surface area contributed by atoms with E-state index in [1.165, 1.54) is 30.5 Å². The molecule has 146 valence electrons. The summed E-state index contributed by atoms with van der Waals surface area (Å²) in [5.74, 6) is 0.411. The minimum Gasteiger partial charge on any atom is -0.465 e. The molecule has 0 radical (unpaired) electrons. The minimum absolute atomic E-state index is 0.0782. The van der Waals surface area contributed by atoms with E-state index in [0.29, 0.717) is 5.92 Å². The number of carboxylic acid groups (broad SMARTS) is 1. The Morgan fingerprint density at radius 1 is 1.00 bits per heavy atom. The summed E-state index contributed by atoms with van der Waals surface area (Å²) >= 11 is 0. The third kappa shape index (κ3) is 2.89. The quantitative estimate of drug-likeness (QED) is 0.845. The van der Waals surface area contributed by atoms with Gasteiger partial charge >= 0.3 is 6.09 Å². The predicted molar refractivity (Wildman–Crippen MR) is 105 cm³/mol. The molecule has 1 N–H and O–H groups in total. The Hall–Kier alpha value is -2.40. The van der Waals surface area contributed by atoms with Gasteiger partial charge in [0.25, 0.3) is 0 Å². The highest BCUT2D eigenvalue weighted by atomic mass is 19.1. The van der Waals surface area contributed by atoms with E-state index >= 15 is 0 Å². The van der Waals surface area contributed by atoms with Crippen LogP contribution in [0, 0.1) is 11.7 Å². The summed E-state index contributed by atoms with van der Waals surface area (Å²) < 4.78 is 13.5. The second kappa shape index (κ2) is 6.89. The van der Waals surface area contributed by atoms with Crippen LogP contribution < -0.4 is 0 Å². The number of halogens is 1. The molecular formula is C23H25FN2O2. The molecule has 4 nitrogen and oxygen atoms in total. The summed E-state index contributed by atoms with van der Waals surface area (Å²) in [5, 5.41) is 10.3. The van der Waals surface area contributed by atoms with E-state index in [1.807, 2.05) is 18.2 Å². The zero-order chi connectivity index (χ0) is 19.3. The van der Waals surface area contributed by atoms with Gasteiger partial charge in [-0.3, -0.25) is 9.80 Å². The van der Waals surface area contributed by atoms with Crippen molar-refractivity contribution in [1.29, 1.82) is 0 Å². The van der Waals surface area contributed by atoms with Crippen molar-refractivity contribution in [3.63, 3.8) is 0 Å². The van der Waals surface area contributed by atoms with Gasteiger partial charge in [0.1, 0.15) is 5.82 Å². The van der Waals surface area contributed by atoms with Gasteiger partial charge in [0.05, 0.1) is 12.1 Å². The average molecular weight is 380 g/mol. The fourth-order valence-electron chi connectivity index (χ4n) is 5.62. The van der Waals surface area contributed by atoms with Crippen LogP contribution in [0.2, 0.25) is 0 Å². The van der Waals surface area contributed by atoms with Gasteiger partial charge in [-0.25, -0.2) is 9.18 Å². The summed E-state index contributed by atoms with van der Waals surface area (Å²) in [6.07, 6.45) is 3.39. The summed E-state index contributed by atoms with van der Waals surface area (Å²) in [7, 11) is 0. The fourth-order valence-corrected chi connectivity index (χ4v) is 5.62. The molecule has 2 aromatic carbocycles. The molecule has 3 fully saturated rings. The molecule has 6 rings (SSSR count). The molecule has 4 aliphatic heterocycles. The highest BCUT2D eigenvalue weighted by Gasteiger charge is 2.46. The topological polar surface area (TPSA) is 43.8 Å². The number of hydrogen-bond donors (Lipinski definition) is 1. The van der Waals surface area contributed by atoms with Crippen LogP contribution in [0.4, 0.5) is 9.18 Å². The first-order valence-electron chi connectivity index (χ1n) is 10.2. The first-order valence-corrected chi connectivity index (χ1v) is 10.2. The van der Waals surface area contributed by atoms with Crippen molar-refractivity contribution in [2.45, 2.75) is 43.8 Å². The van der Waals surface area contributed by atoms with Crippen molar-refractivity contribution in [3.8, 4) is 0 Å². The van der Waals surface area contributed by atoms with E-state index in [4.69, 9.17) is 0 Å². The standard InChI is InChI=1S/C23H25FN2O2/c24-18-7-5-16(6-8-18)22-19-4-2-1-3-17(19)14-21(26(22)23(27)28)20-13-15-9-11-25(20)12-10-15/h1-8,15,20-22H,9-14H2,(H,27,28). The van der Waals surface area contributed by atoms with Gasteiger partial charge in [-0.2, -0.15) is 0 Å². The molecule has 0 spiro atoms. The third-order valence-corrected chi connectivity index (χ3v) is 6.96. The molecule has 1 amide bonds. The number of hydrogen-bond acceptors (Lipinski definition) is 2. The Bertz CT molecular complexity index is 876. The zero-order valence-electron chi connectivity index (χ0n) is 15.8. The van der Waals surface area contributed by atoms with Gasteiger partial charge < -0.3 is 5.11 Å². The van der Waals surface area contributed by atoms with E-state index in [1.54, 1.807) is 17.0 Å². The van der Waals surface area contributed by atoms with Crippen LogP contribution in [0.3, 0.4) is 0 Å². The largest absolute Gasteiger partial charge is 0.465 e. The molecule has 0 aliphatic carbocycles. The van der Waals surface area contributed by atoms with Crippen molar-refractivity contribution < 1.29 is 14.3 Å². The van der Waals surface area contributed by atoms with Crippen LogP contribution in [0.5, 0.6) is 0 Å². The van der Waals surface area contributed by atoms with Crippen molar-refractivity contribution in [3.05, 3.63) is 71.0 Å². The number of nitrogens with zero attached hydrogens (tertiary/aromatic N) is 2. The number of piperidine rings is 3. The van der Waals surface area contributed by atoms with Crippen LogP contribution in [0.1, 0.15) is 42.0 Å². The SMILES string of the molecule is O=C(O)N1C(c2ccc(F)cc2)c2ccccc2CC1C1CC2CCN1CC2. The number of rotatable bonds is 2. The summed E-state index contributed by atoms with van der Waals surface area (Å²) in [5.41, 5.74) is 3.06. The van der Waals surface area contributed by atoms with E-state index < -0.39 is 12.1 Å². The lowest BCUT2D eigenvalue weighted by Crippen LogP contribution is -2.61. The Kier molecular flexibility index (Phi) is 4.35. The lowest BCUT2D eigenvalue weighted by atomic mass is 9.75. The first kappa shape index (κ1) is 17.7. The molecule has 3 unspecified atom stereocenters. The van der Waals surface area contributed by atoms with Gasteiger partial charge in [-0.15, -0.1) is 0 Å². The molecule has 5 heteroatoms. The number of amides is 1. The molecular weight excluding hydrogens is 355 g/mol. The smallest absolute Gasteiger partial charge is 0.408 e. The predicted octanol–water partition coefficient (Wildman–Crippen LogP) is 4.30. The second-order valence-electron chi connectivity index (χ2n) is 8.40. The molecule has 2 bridgehead atoms. The highest BCUT2D eigenvalue weighted by molar-refractivity contribution is 5.68. The number of benzene rings is 2. The summed E-state index contributed by atoms with van der Waals surface area (Å²) in [6.45, 7) is 2.14.